The minimum Gasteiger partial charge on any atom is -0.479 e. The first kappa shape index (κ1) is 15.5. The fourth-order valence-corrected chi connectivity index (χ4v) is 1.87. The van der Waals surface area contributed by atoms with E-state index >= 15 is 0 Å². The van der Waals surface area contributed by atoms with Crippen LogP contribution in [0, 0.1) is 0 Å². The molecule has 0 aliphatic heterocycles. The molecule has 19 heavy (non-hydrogen) atoms. The Morgan fingerprint density at radius 1 is 1.32 bits per heavy atom. The third-order valence-corrected chi connectivity index (χ3v) is 3.20. The van der Waals surface area contributed by atoms with Crippen LogP contribution in [0.15, 0.2) is 24.3 Å². The van der Waals surface area contributed by atoms with Crippen LogP contribution < -0.4 is 5.32 Å². The highest BCUT2D eigenvalue weighted by Gasteiger charge is 2.30. The zero-order valence-corrected chi connectivity index (χ0v) is 11.7. The van der Waals surface area contributed by atoms with Crippen molar-refractivity contribution in [3.05, 3.63) is 35.4 Å². The van der Waals surface area contributed by atoms with Crippen LogP contribution in [0.5, 0.6) is 0 Å². The highest BCUT2D eigenvalue weighted by molar-refractivity contribution is 7.97. The molecule has 1 atom stereocenters. The van der Waals surface area contributed by atoms with E-state index in [-0.39, 0.29) is 6.54 Å². The zero-order chi connectivity index (χ0) is 14.5. The van der Waals surface area contributed by atoms with Gasteiger partial charge in [0.1, 0.15) is 0 Å². The first-order chi connectivity index (χ1) is 8.86. The third-order valence-electron chi connectivity index (χ3n) is 2.58. The van der Waals surface area contributed by atoms with E-state index in [9.17, 15) is 14.7 Å². The van der Waals surface area contributed by atoms with Crippen molar-refractivity contribution in [2.24, 2.45) is 0 Å². The Balaban J connectivity index is 2.61. The van der Waals surface area contributed by atoms with Crippen LogP contribution >= 0.6 is 11.8 Å². The van der Waals surface area contributed by atoms with Crippen LogP contribution in [0.2, 0.25) is 0 Å². The van der Waals surface area contributed by atoms with Gasteiger partial charge in [-0.3, -0.25) is 4.79 Å². The van der Waals surface area contributed by atoms with E-state index in [0.717, 1.165) is 18.2 Å². The molecule has 0 saturated carbocycles. The molecule has 3 N–H and O–H groups in total. The fourth-order valence-electron chi connectivity index (χ4n) is 1.35. The molecule has 6 heteroatoms. The summed E-state index contributed by atoms with van der Waals surface area (Å²) >= 11 is 1.69. The Hall–Kier alpha value is -1.53. The van der Waals surface area contributed by atoms with E-state index in [4.69, 9.17) is 5.11 Å². The number of thioether (sulfide) groups is 1. The van der Waals surface area contributed by atoms with Gasteiger partial charge in [-0.1, -0.05) is 12.1 Å². The van der Waals surface area contributed by atoms with Gasteiger partial charge in [0.05, 0.1) is 6.54 Å². The number of carbonyl (C=O) groups is 2. The Morgan fingerprint density at radius 3 is 2.37 bits per heavy atom. The van der Waals surface area contributed by atoms with Crippen molar-refractivity contribution in [2.45, 2.75) is 18.3 Å². The number of amides is 1. The molecule has 1 aromatic rings. The largest absolute Gasteiger partial charge is 0.479 e. The predicted molar refractivity (Wildman–Crippen MR) is 74.3 cm³/mol. The van der Waals surface area contributed by atoms with Gasteiger partial charge in [-0.05, 0) is 30.9 Å². The van der Waals surface area contributed by atoms with E-state index in [1.54, 1.807) is 23.9 Å². The molecule has 1 unspecified atom stereocenters. The van der Waals surface area contributed by atoms with E-state index in [2.05, 4.69) is 5.32 Å². The van der Waals surface area contributed by atoms with E-state index in [1.807, 2.05) is 18.4 Å². The molecule has 0 aliphatic rings. The molecule has 0 bridgehead atoms. The van der Waals surface area contributed by atoms with Gasteiger partial charge >= 0.3 is 5.97 Å². The molecule has 104 valence electrons. The first-order valence-electron chi connectivity index (χ1n) is 5.68. The molecule has 0 heterocycles. The van der Waals surface area contributed by atoms with Crippen molar-refractivity contribution in [1.29, 1.82) is 0 Å². The second-order valence-corrected chi connectivity index (χ2v) is 5.26. The Bertz CT molecular complexity index is 456. The lowest BCUT2D eigenvalue weighted by Gasteiger charge is -2.18. The smallest absolute Gasteiger partial charge is 0.337 e. The molecule has 0 radical (unpaired) electrons. The average Bonchev–Trinajstić information content (AvgIpc) is 2.37. The van der Waals surface area contributed by atoms with Crippen LogP contribution in [-0.4, -0.2) is 40.5 Å². The van der Waals surface area contributed by atoms with Gasteiger partial charge in [0.25, 0.3) is 5.91 Å². The number of carboxylic acid groups (broad SMARTS) is 1. The number of benzene rings is 1. The molecule has 1 rings (SSSR count). The maximum atomic E-state index is 11.8. The summed E-state index contributed by atoms with van der Waals surface area (Å²) in [5, 5.41) is 20.6. The van der Waals surface area contributed by atoms with Gasteiger partial charge in [0.15, 0.2) is 5.60 Å². The van der Waals surface area contributed by atoms with Crippen LogP contribution in [0.4, 0.5) is 0 Å². The number of hydrogen-bond donors (Lipinski definition) is 3. The second kappa shape index (κ2) is 6.58. The van der Waals surface area contributed by atoms with Crippen LogP contribution in [0.1, 0.15) is 22.8 Å². The van der Waals surface area contributed by atoms with Gasteiger partial charge in [-0.25, -0.2) is 4.79 Å². The van der Waals surface area contributed by atoms with Crippen molar-refractivity contribution in [2.75, 3.05) is 12.8 Å². The van der Waals surface area contributed by atoms with Crippen molar-refractivity contribution in [3.63, 3.8) is 0 Å². The lowest BCUT2D eigenvalue weighted by Crippen LogP contribution is -2.46. The quantitative estimate of drug-likeness (QED) is 0.728. The van der Waals surface area contributed by atoms with Crippen molar-refractivity contribution < 1.29 is 19.8 Å². The summed E-state index contributed by atoms with van der Waals surface area (Å²) in [7, 11) is 0. The number of carboxylic acids is 1. The lowest BCUT2D eigenvalue weighted by atomic mass is 10.1. The summed E-state index contributed by atoms with van der Waals surface area (Å²) in [6.07, 6.45) is 1.99. The Labute approximate surface area is 116 Å². The number of rotatable bonds is 6. The van der Waals surface area contributed by atoms with E-state index in [0.29, 0.717) is 5.56 Å². The summed E-state index contributed by atoms with van der Waals surface area (Å²) in [6.45, 7) is 0.797. The van der Waals surface area contributed by atoms with Gasteiger partial charge in [0.2, 0.25) is 0 Å². The SMILES string of the molecule is CSCc1ccc(C(=O)NCC(C)(O)C(=O)O)cc1. The Morgan fingerprint density at radius 2 is 1.89 bits per heavy atom. The molecule has 5 nitrogen and oxygen atoms in total. The fraction of sp³-hybridized carbons (Fsp3) is 0.385. The molecule has 0 saturated heterocycles. The molecular weight excluding hydrogens is 266 g/mol. The average molecular weight is 283 g/mol. The predicted octanol–water partition coefficient (Wildman–Crippen LogP) is 1.11. The van der Waals surface area contributed by atoms with Crippen LogP contribution in [0.25, 0.3) is 0 Å². The maximum Gasteiger partial charge on any atom is 0.337 e. The molecule has 0 aromatic heterocycles. The summed E-state index contributed by atoms with van der Waals surface area (Å²) in [5.41, 5.74) is -0.415. The Kier molecular flexibility index (Phi) is 5.38. The molecule has 1 aromatic carbocycles. The maximum absolute atomic E-state index is 11.8. The number of aliphatic hydroxyl groups is 1. The van der Waals surface area contributed by atoms with Gasteiger partial charge in [0, 0.05) is 11.3 Å². The van der Waals surface area contributed by atoms with Crippen LogP contribution in [0.3, 0.4) is 0 Å². The number of hydrogen-bond acceptors (Lipinski definition) is 4. The van der Waals surface area contributed by atoms with Gasteiger partial charge in [-0.2, -0.15) is 11.8 Å². The topological polar surface area (TPSA) is 86.6 Å². The monoisotopic (exact) mass is 283 g/mol. The third kappa shape index (κ3) is 4.57. The number of aliphatic carboxylic acids is 1. The minimum atomic E-state index is -1.96. The number of nitrogens with one attached hydrogen (secondary N) is 1. The molecule has 0 fully saturated rings. The second-order valence-electron chi connectivity index (χ2n) is 4.39. The first-order valence-corrected chi connectivity index (χ1v) is 7.08. The molecule has 0 aliphatic carbocycles. The highest BCUT2D eigenvalue weighted by Crippen LogP contribution is 2.10. The summed E-state index contributed by atoms with van der Waals surface area (Å²) in [5.74, 6) is -0.907. The lowest BCUT2D eigenvalue weighted by molar-refractivity contribution is -0.155. The van der Waals surface area contributed by atoms with Crippen molar-refractivity contribution in [1.82, 2.24) is 5.32 Å². The summed E-state index contributed by atoms with van der Waals surface area (Å²) in [6, 6.07) is 7.05. The number of carbonyl (C=O) groups excluding carboxylic acids is 1. The standard InChI is InChI=1S/C13H17NO4S/c1-13(18,12(16)17)8-14-11(15)10-5-3-9(4-6-10)7-19-2/h3-6,18H,7-8H2,1-2H3,(H,14,15)(H,16,17). The normalized spacial score (nSPS) is 13.6. The zero-order valence-electron chi connectivity index (χ0n) is 10.8. The summed E-state index contributed by atoms with van der Waals surface area (Å²) < 4.78 is 0. The molecular formula is C13H17NO4S. The van der Waals surface area contributed by atoms with Crippen molar-refractivity contribution >= 4 is 23.6 Å². The highest BCUT2D eigenvalue weighted by atomic mass is 32.2. The van der Waals surface area contributed by atoms with Gasteiger partial charge in [-0.15, -0.1) is 0 Å². The summed E-state index contributed by atoms with van der Waals surface area (Å²) in [4.78, 5) is 22.4. The van der Waals surface area contributed by atoms with Gasteiger partial charge < -0.3 is 15.5 Å². The van der Waals surface area contributed by atoms with Crippen molar-refractivity contribution in [3.8, 4) is 0 Å². The minimum absolute atomic E-state index is 0.340. The van der Waals surface area contributed by atoms with Crippen LogP contribution in [-0.2, 0) is 10.5 Å². The molecule has 1 amide bonds. The van der Waals surface area contributed by atoms with E-state index in [1.165, 1.54) is 0 Å². The molecule has 0 spiro atoms. The van der Waals surface area contributed by atoms with E-state index < -0.39 is 17.5 Å².